The van der Waals surface area contributed by atoms with Crippen LogP contribution >= 0.6 is 7.92 Å². The van der Waals surface area contributed by atoms with Crippen LogP contribution in [0, 0.1) is 0 Å². The third-order valence-electron chi connectivity index (χ3n) is 7.60. The van der Waals surface area contributed by atoms with Crippen LogP contribution in [-0.2, 0) is 5.16 Å². The molecule has 1 heteroatoms. The minimum absolute atomic E-state index is 0.00939. The molecule has 4 rings (SSSR count). The van der Waals surface area contributed by atoms with E-state index in [1.807, 2.05) is 0 Å². The number of allylic oxidation sites excluding steroid dienone is 2. The number of benzene rings is 1. The molecule has 0 nitrogen and oxygen atoms in total. The molecule has 2 saturated carbocycles. The Kier molecular flexibility index (Phi) is 5.11. The molecule has 0 radical (unpaired) electrons. The summed E-state index contributed by atoms with van der Waals surface area (Å²) in [6.45, 7) is 7.50. The standard InChI is InChI=1S/C24H35P/c1-18-19(2)24(3,23-17-11-10-16-22(18)23)25(20-12-6-4-7-13-20)21-14-8-5-9-15-21/h10-11,16-17,20-21H,4-9,12-15H2,1-3H3/t24-/m1/s1. The maximum Gasteiger partial charge on any atom is 0.0347 e. The second-order valence-corrected chi connectivity index (χ2v) is 12.0. The average Bonchev–Trinajstić information content (AvgIpc) is 2.86. The fourth-order valence-electron chi connectivity index (χ4n) is 6.08. The SMILES string of the molecule is CC1=C(C)[C@@](C)(P(C2CCCCC2)C2CCCCC2)c2ccccc21. The van der Waals surface area contributed by atoms with E-state index in [1.165, 1.54) is 64.2 Å². The van der Waals surface area contributed by atoms with E-state index in [4.69, 9.17) is 0 Å². The molecule has 1 aromatic carbocycles. The minimum atomic E-state index is 0.00939. The van der Waals surface area contributed by atoms with Gasteiger partial charge in [0.1, 0.15) is 0 Å². The maximum atomic E-state index is 2.65. The highest BCUT2D eigenvalue weighted by Crippen LogP contribution is 2.72. The molecule has 2 fully saturated rings. The fourth-order valence-corrected chi connectivity index (χ4v) is 11.0. The van der Waals surface area contributed by atoms with Gasteiger partial charge in [0, 0.05) is 5.16 Å². The average molecular weight is 355 g/mol. The van der Waals surface area contributed by atoms with E-state index in [1.54, 1.807) is 22.3 Å². The molecular formula is C24H35P. The van der Waals surface area contributed by atoms with Crippen LogP contribution in [0.25, 0.3) is 5.57 Å². The molecule has 136 valence electrons. The lowest BCUT2D eigenvalue weighted by molar-refractivity contribution is 0.476. The van der Waals surface area contributed by atoms with Gasteiger partial charge >= 0.3 is 0 Å². The molecule has 0 heterocycles. The van der Waals surface area contributed by atoms with Crippen LogP contribution in [-0.4, -0.2) is 11.3 Å². The highest BCUT2D eigenvalue weighted by molar-refractivity contribution is 7.60. The first-order valence-electron chi connectivity index (χ1n) is 10.7. The predicted octanol–water partition coefficient (Wildman–Crippen LogP) is 7.86. The van der Waals surface area contributed by atoms with Crippen molar-refractivity contribution >= 4 is 13.5 Å². The largest absolute Gasteiger partial charge is 0.0853 e. The van der Waals surface area contributed by atoms with Gasteiger partial charge in [-0.2, -0.15) is 0 Å². The van der Waals surface area contributed by atoms with Crippen LogP contribution in [0.15, 0.2) is 29.8 Å². The van der Waals surface area contributed by atoms with Gasteiger partial charge in [0.2, 0.25) is 0 Å². The lowest BCUT2D eigenvalue weighted by Gasteiger charge is -2.49. The maximum absolute atomic E-state index is 2.65. The van der Waals surface area contributed by atoms with Gasteiger partial charge in [-0.15, -0.1) is 0 Å². The molecule has 0 unspecified atom stereocenters. The van der Waals surface area contributed by atoms with Gasteiger partial charge < -0.3 is 0 Å². The molecule has 0 spiro atoms. The fraction of sp³-hybridized carbons (Fsp3) is 0.667. The Bertz CT molecular complexity index is 628. The summed E-state index contributed by atoms with van der Waals surface area (Å²) in [7, 11) is 0.00939. The van der Waals surface area contributed by atoms with Crippen molar-refractivity contribution in [2.75, 3.05) is 0 Å². The van der Waals surface area contributed by atoms with Crippen molar-refractivity contribution in [1.29, 1.82) is 0 Å². The number of rotatable bonds is 3. The topological polar surface area (TPSA) is 0 Å². The van der Waals surface area contributed by atoms with Crippen molar-refractivity contribution in [3.05, 3.63) is 41.0 Å². The third kappa shape index (κ3) is 2.93. The molecule has 0 aromatic heterocycles. The Morgan fingerprint density at radius 3 is 1.88 bits per heavy atom. The summed E-state index contributed by atoms with van der Waals surface area (Å²) < 4.78 is 0. The second-order valence-electron chi connectivity index (χ2n) is 8.86. The number of hydrogen-bond donors (Lipinski definition) is 0. The molecule has 0 aliphatic heterocycles. The van der Waals surface area contributed by atoms with Gasteiger partial charge in [-0.3, -0.25) is 0 Å². The van der Waals surface area contributed by atoms with E-state index < -0.39 is 0 Å². The lowest BCUT2D eigenvalue weighted by Crippen LogP contribution is -2.32. The van der Waals surface area contributed by atoms with Crippen LogP contribution in [0.2, 0.25) is 0 Å². The molecule has 0 N–H and O–H groups in total. The summed E-state index contributed by atoms with van der Waals surface area (Å²) in [5.41, 5.74) is 8.53. The van der Waals surface area contributed by atoms with Gasteiger partial charge in [-0.25, -0.2) is 0 Å². The van der Waals surface area contributed by atoms with Crippen molar-refractivity contribution in [3.63, 3.8) is 0 Å². The van der Waals surface area contributed by atoms with E-state index in [0.717, 1.165) is 11.3 Å². The number of fused-ring (bicyclic) bond motifs is 1. The lowest BCUT2D eigenvalue weighted by atomic mass is 9.97. The normalized spacial score (nSPS) is 28.6. The van der Waals surface area contributed by atoms with E-state index in [9.17, 15) is 0 Å². The molecule has 0 saturated heterocycles. The van der Waals surface area contributed by atoms with Crippen LogP contribution in [0.3, 0.4) is 0 Å². The summed E-state index contributed by atoms with van der Waals surface area (Å²) in [6.07, 6.45) is 14.9. The Balaban J connectivity index is 1.80. The molecule has 0 amide bonds. The van der Waals surface area contributed by atoms with Crippen molar-refractivity contribution < 1.29 is 0 Å². The van der Waals surface area contributed by atoms with Crippen molar-refractivity contribution in [2.24, 2.45) is 0 Å². The van der Waals surface area contributed by atoms with Gasteiger partial charge in [0.15, 0.2) is 0 Å². The zero-order valence-corrected chi connectivity index (χ0v) is 17.4. The quantitative estimate of drug-likeness (QED) is 0.485. The zero-order chi connectivity index (χ0) is 17.4. The Hall–Kier alpha value is -0.610. The summed E-state index contributed by atoms with van der Waals surface area (Å²) in [5, 5.41) is 0.333. The van der Waals surface area contributed by atoms with E-state index >= 15 is 0 Å². The van der Waals surface area contributed by atoms with E-state index in [-0.39, 0.29) is 7.92 Å². The first kappa shape index (κ1) is 17.8. The molecular weight excluding hydrogens is 319 g/mol. The molecule has 3 aliphatic rings. The smallest absolute Gasteiger partial charge is 0.0347 e. The molecule has 0 bridgehead atoms. The van der Waals surface area contributed by atoms with Crippen molar-refractivity contribution in [1.82, 2.24) is 0 Å². The first-order chi connectivity index (χ1) is 12.1. The highest BCUT2D eigenvalue weighted by Gasteiger charge is 2.49. The molecule has 1 aromatic rings. The zero-order valence-electron chi connectivity index (χ0n) is 16.5. The number of hydrogen-bond acceptors (Lipinski definition) is 0. The van der Waals surface area contributed by atoms with Crippen molar-refractivity contribution in [2.45, 2.75) is 101 Å². The Labute approximate surface area is 156 Å². The van der Waals surface area contributed by atoms with Gasteiger partial charge in [0.05, 0.1) is 0 Å². The summed E-state index contributed by atoms with van der Waals surface area (Å²) in [4.78, 5) is 0. The van der Waals surface area contributed by atoms with Gasteiger partial charge in [0.25, 0.3) is 0 Å². The Morgan fingerprint density at radius 1 is 0.800 bits per heavy atom. The van der Waals surface area contributed by atoms with E-state index in [0.29, 0.717) is 5.16 Å². The van der Waals surface area contributed by atoms with Crippen LogP contribution in [0.5, 0.6) is 0 Å². The van der Waals surface area contributed by atoms with Crippen LogP contribution < -0.4 is 0 Å². The third-order valence-corrected chi connectivity index (χ3v) is 11.8. The molecule has 25 heavy (non-hydrogen) atoms. The minimum Gasteiger partial charge on any atom is -0.0853 e. The molecule has 3 aliphatic carbocycles. The van der Waals surface area contributed by atoms with Crippen LogP contribution in [0.1, 0.15) is 96.1 Å². The van der Waals surface area contributed by atoms with Gasteiger partial charge in [-0.1, -0.05) is 76.3 Å². The summed E-state index contributed by atoms with van der Waals surface area (Å²) in [5.74, 6) is 0. The predicted molar refractivity (Wildman–Crippen MR) is 113 cm³/mol. The highest BCUT2D eigenvalue weighted by atomic mass is 31.1. The molecule has 1 atom stereocenters. The first-order valence-corrected chi connectivity index (χ1v) is 12.2. The summed E-state index contributed by atoms with van der Waals surface area (Å²) in [6, 6.07) is 9.38. The van der Waals surface area contributed by atoms with Crippen molar-refractivity contribution in [3.8, 4) is 0 Å². The Morgan fingerprint density at radius 2 is 1.32 bits per heavy atom. The monoisotopic (exact) mass is 354 g/mol. The van der Waals surface area contributed by atoms with Crippen LogP contribution in [0.4, 0.5) is 0 Å². The second kappa shape index (κ2) is 7.19. The van der Waals surface area contributed by atoms with Gasteiger partial charge in [-0.05, 0) is 74.5 Å². The summed E-state index contributed by atoms with van der Waals surface area (Å²) >= 11 is 0. The van der Waals surface area contributed by atoms with E-state index in [2.05, 4.69) is 45.0 Å².